The molecule has 2 nitrogen and oxygen atoms in total. The van der Waals surface area contributed by atoms with Gasteiger partial charge in [0.05, 0.1) is 15.2 Å². The molecule has 0 aliphatic heterocycles. The summed E-state index contributed by atoms with van der Waals surface area (Å²) in [5.41, 5.74) is 2.49. The molecule has 3 rings (SSSR count). The lowest BCUT2D eigenvalue weighted by atomic mass is 10.1. The van der Waals surface area contributed by atoms with Crippen molar-refractivity contribution in [2.75, 3.05) is 6.54 Å². The fourth-order valence-electron chi connectivity index (χ4n) is 2.43. The number of nitrogens with one attached hydrogen (secondary N) is 1. The van der Waals surface area contributed by atoms with Crippen LogP contribution in [0.25, 0.3) is 10.2 Å². The normalized spacial score (nSPS) is 12.9. The Morgan fingerprint density at radius 1 is 1.25 bits per heavy atom. The van der Waals surface area contributed by atoms with Gasteiger partial charge in [-0.15, -0.1) is 22.7 Å². The molecule has 0 saturated carbocycles. The van der Waals surface area contributed by atoms with Gasteiger partial charge in [-0.05, 0) is 42.6 Å². The number of fused-ring (bicyclic) bond motifs is 1. The zero-order chi connectivity index (χ0) is 13.9. The molecule has 20 heavy (non-hydrogen) atoms. The van der Waals surface area contributed by atoms with Crippen LogP contribution in [0.5, 0.6) is 0 Å². The number of likely N-dealkylation sites (N-methyl/N-ethyl adjacent to an activating group) is 1. The summed E-state index contributed by atoms with van der Waals surface area (Å²) in [7, 11) is 0. The predicted molar refractivity (Wildman–Crippen MR) is 88.8 cm³/mol. The maximum absolute atomic E-state index is 4.76. The second kappa shape index (κ2) is 6.04. The number of aromatic nitrogens is 1. The minimum absolute atomic E-state index is 0.376. The van der Waals surface area contributed by atoms with Crippen LogP contribution >= 0.6 is 22.7 Å². The van der Waals surface area contributed by atoms with Crippen LogP contribution in [-0.4, -0.2) is 11.5 Å². The highest BCUT2D eigenvalue weighted by atomic mass is 32.1. The summed E-state index contributed by atoms with van der Waals surface area (Å²) in [6.45, 7) is 5.33. The topological polar surface area (TPSA) is 24.9 Å². The number of hydrogen-bond donors (Lipinski definition) is 1. The van der Waals surface area contributed by atoms with Crippen molar-refractivity contribution in [1.82, 2.24) is 10.3 Å². The molecule has 2 aromatic heterocycles. The monoisotopic (exact) mass is 302 g/mol. The maximum Gasteiger partial charge on any atom is 0.0957 e. The Bertz CT molecular complexity index is 666. The Balaban J connectivity index is 1.88. The largest absolute Gasteiger partial charge is 0.309 e. The van der Waals surface area contributed by atoms with Crippen LogP contribution in [0.1, 0.15) is 28.4 Å². The van der Waals surface area contributed by atoms with E-state index >= 15 is 0 Å². The average molecular weight is 302 g/mol. The average Bonchev–Trinajstić information content (AvgIpc) is 3.03. The molecule has 1 atom stereocenters. The summed E-state index contributed by atoms with van der Waals surface area (Å²) in [5.74, 6) is 0. The first-order valence-electron chi connectivity index (χ1n) is 6.89. The van der Waals surface area contributed by atoms with Crippen LogP contribution in [0.3, 0.4) is 0 Å². The molecule has 0 saturated heterocycles. The van der Waals surface area contributed by atoms with Crippen molar-refractivity contribution in [3.05, 3.63) is 51.2 Å². The van der Waals surface area contributed by atoms with E-state index in [0.717, 1.165) is 18.5 Å². The Morgan fingerprint density at radius 3 is 2.80 bits per heavy atom. The number of hydrogen-bond acceptors (Lipinski definition) is 4. The van der Waals surface area contributed by atoms with Crippen molar-refractivity contribution in [3.8, 4) is 0 Å². The van der Waals surface area contributed by atoms with E-state index in [1.807, 2.05) is 22.7 Å². The van der Waals surface area contributed by atoms with Gasteiger partial charge in [0, 0.05) is 17.3 Å². The number of aryl methyl sites for hydroxylation is 1. The van der Waals surface area contributed by atoms with Gasteiger partial charge in [0.1, 0.15) is 0 Å². The van der Waals surface area contributed by atoms with Crippen molar-refractivity contribution in [2.24, 2.45) is 0 Å². The molecule has 4 heteroatoms. The third-order valence-electron chi connectivity index (χ3n) is 3.39. The van der Waals surface area contributed by atoms with E-state index in [2.05, 4.69) is 54.9 Å². The molecule has 0 amide bonds. The molecular formula is C16H18N2S2. The summed E-state index contributed by atoms with van der Waals surface area (Å²) in [4.78, 5) is 6.19. The molecule has 1 unspecified atom stereocenters. The molecule has 0 bridgehead atoms. The van der Waals surface area contributed by atoms with E-state index in [1.54, 1.807) is 0 Å². The molecule has 1 N–H and O–H groups in total. The molecule has 0 spiro atoms. The SMILES string of the molecule is CCNC(Cc1nc2ccccc2s1)c1sccc1C. The molecule has 3 aromatic rings. The second-order valence-electron chi connectivity index (χ2n) is 4.86. The van der Waals surface area contributed by atoms with E-state index in [4.69, 9.17) is 4.98 Å². The summed E-state index contributed by atoms with van der Waals surface area (Å²) in [6, 6.07) is 10.9. The smallest absolute Gasteiger partial charge is 0.0957 e. The Morgan fingerprint density at radius 2 is 2.10 bits per heavy atom. The van der Waals surface area contributed by atoms with Crippen molar-refractivity contribution in [3.63, 3.8) is 0 Å². The number of thiophene rings is 1. The lowest BCUT2D eigenvalue weighted by molar-refractivity contribution is 0.555. The molecule has 0 aliphatic carbocycles. The number of para-hydroxylation sites is 1. The number of thiazole rings is 1. The lowest BCUT2D eigenvalue weighted by Gasteiger charge is -2.16. The predicted octanol–water partition coefficient (Wildman–Crippen LogP) is 4.56. The van der Waals surface area contributed by atoms with Crippen LogP contribution in [0, 0.1) is 6.92 Å². The first kappa shape index (κ1) is 13.7. The van der Waals surface area contributed by atoms with Gasteiger partial charge in [-0.2, -0.15) is 0 Å². The van der Waals surface area contributed by atoms with E-state index in [1.165, 1.54) is 20.1 Å². The van der Waals surface area contributed by atoms with Crippen LogP contribution in [0.2, 0.25) is 0 Å². The van der Waals surface area contributed by atoms with E-state index in [0.29, 0.717) is 6.04 Å². The van der Waals surface area contributed by atoms with Crippen LogP contribution < -0.4 is 5.32 Å². The lowest BCUT2D eigenvalue weighted by Crippen LogP contribution is -2.22. The first-order chi connectivity index (χ1) is 9.78. The van der Waals surface area contributed by atoms with Gasteiger partial charge in [0.2, 0.25) is 0 Å². The molecule has 0 aliphatic rings. The molecule has 104 valence electrons. The van der Waals surface area contributed by atoms with Crippen molar-refractivity contribution in [1.29, 1.82) is 0 Å². The van der Waals surface area contributed by atoms with Gasteiger partial charge in [-0.25, -0.2) is 4.98 Å². The Hall–Kier alpha value is -1.23. The number of nitrogens with zero attached hydrogens (tertiary/aromatic N) is 1. The van der Waals surface area contributed by atoms with Crippen molar-refractivity contribution < 1.29 is 0 Å². The fourth-order valence-corrected chi connectivity index (χ4v) is 4.44. The summed E-state index contributed by atoms with van der Waals surface area (Å²) in [5, 5.41) is 6.98. The highest BCUT2D eigenvalue weighted by Gasteiger charge is 2.17. The third kappa shape index (κ3) is 2.77. The van der Waals surface area contributed by atoms with Crippen LogP contribution in [0.15, 0.2) is 35.7 Å². The zero-order valence-electron chi connectivity index (χ0n) is 11.7. The van der Waals surface area contributed by atoms with Crippen LogP contribution in [0.4, 0.5) is 0 Å². The Kier molecular flexibility index (Phi) is 4.15. The molecule has 2 heterocycles. The first-order valence-corrected chi connectivity index (χ1v) is 8.59. The van der Waals surface area contributed by atoms with Crippen molar-refractivity contribution >= 4 is 32.9 Å². The third-order valence-corrected chi connectivity index (χ3v) is 5.58. The highest BCUT2D eigenvalue weighted by molar-refractivity contribution is 7.18. The number of rotatable bonds is 5. The molecule has 0 fully saturated rings. The van der Waals surface area contributed by atoms with Gasteiger partial charge in [-0.3, -0.25) is 0 Å². The molecule has 0 radical (unpaired) electrons. The highest BCUT2D eigenvalue weighted by Crippen LogP contribution is 2.30. The zero-order valence-corrected chi connectivity index (χ0v) is 13.4. The molecular weight excluding hydrogens is 284 g/mol. The van der Waals surface area contributed by atoms with E-state index in [9.17, 15) is 0 Å². The standard InChI is InChI=1S/C16H18N2S2/c1-3-17-13(16-11(2)8-9-19-16)10-15-18-12-6-4-5-7-14(12)20-15/h4-9,13,17H,3,10H2,1-2H3. The van der Waals surface area contributed by atoms with Crippen molar-refractivity contribution in [2.45, 2.75) is 26.3 Å². The van der Waals surface area contributed by atoms with E-state index < -0.39 is 0 Å². The van der Waals surface area contributed by atoms with Crippen LogP contribution in [-0.2, 0) is 6.42 Å². The van der Waals surface area contributed by atoms with E-state index in [-0.39, 0.29) is 0 Å². The van der Waals surface area contributed by atoms with Gasteiger partial charge in [0.25, 0.3) is 0 Å². The summed E-state index contributed by atoms with van der Waals surface area (Å²) >= 11 is 3.65. The minimum Gasteiger partial charge on any atom is -0.309 e. The van der Waals surface area contributed by atoms with Gasteiger partial charge >= 0.3 is 0 Å². The van der Waals surface area contributed by atoms with Gasteiger partial charge in [-0.1, -0.05) is 19.1 Å². The van der Waals surface area contributed by atoms with Gasteiger partial charge in [0.15, 0.2) is 0 Å². The van der Waals surface area contributed by atoms with Gasteiger partial charge < -0.3 is 5.32 Å². The quantitative estimate of drug-likeness (QED) is 0.747. The molecule has 1 aromatic carbocycles. The Labute approximate surface area is 127 Å². The second-order valence-corrected chi connectivity index (χ2v) is 6.92. The fraction of sp³-hybridized carbons (Fsp3) is 0.312. The summed E-state index contributed by atoms with van der Waals surface area (Å²) in [6.07, 6.45) is 0.967. The minimum atomic E-state index is 0.376. The number of benzene rings is 1. The maximum atomic E-state index is 4.76. The summed E-state index contributed by atoms with van der Waals surface area (Å²) < 4.78 is 1.28.